The van der Waals surface area contributed by atoms with Crippen LogP contribution in [0.5, 0.6) is 0 Å². The Kier molecular flexibility index (Phi) is 5.72. The molecule has 0 aliphatic rings. The first-order chi connectivity index (χ1) is 8.17. The fourth-order valence-corrected chi connectivity index (χ4v) is 1.94. The van der Waals surface area contributed by atoms with Gasteiger partial charge in [-0.2, -0.15) is 5.26 Å². The predicted octanol–water partition coefficient (Wildman–Crippen LogP) is 3.49. The van der Waals surface area contributed by atoms with Crippen molar-refractivity contribution in [2.45, 2.75) is 39.7 Å². The molecule has 17 heavy (non-hydrogen) atoms. The zero-order valence-corrected chi connectivity index (χ0v) is 11.2. The molecule has 0 aliphatic heterocycles. The third-order valence-corrected chi connectivity index (χ3v) is 3.06. The first-order valence-electron chi connectivity index (χ1n) is 6.35. The van der Waals surface area contributed by atoms with Gasteiger partial charge in [0, 0.05) is 6.54 Å². The second-order valence-electron chi connectivity index (χ2n) is 4.70. The molecule has 0 saturated heterocycles. The standard InChI is InChI=1S/C15H22N2/c1-4-5-6-9-17(3)12-15-8-7-14(11-16)10-13(15)2/h7-8,10H,4-6,9,12H2,1-3H3. The summed E-state index contributed by atoms with van der Waals surface area (Å²) in [6, 6.07) is 8.12. The van der Waals surface area contributed by atoms with Crippen LogP contribution in [-0.4, -0.2) is 18.5 Å². The van der Waals surface area contributed by atoms with Crippen LogP contribution in [0.25, 0.3) is 0 Å². The van der Waals surface area contributed by atoms with E-state index in [9.17, 15) is 0 Å². The lowest BCUT2D eigenvalue weighted by atomic mass is 10.1. The van der Waals surface area contributed by atoms with E-state index < -0.39 is 0 Å². The van der Waals surface area contributed by atoms with Gasteiger partial charge in [0.2, 0.25) is 0 Å². The van der Waals surface area contributed by atoms with E-state index in [0.29, 0.717) is 0 Å². The van der Waals surface area contributed by atoms with Crippen molar-refractivity contribution in [3.05, 3.63) is 34.9 Å². The number of rotatable bonds is 6. The lowest BCUT2D eigenvalue weighted by Gasteiger charge is -2.17. The quantitative estimate of drug-likeness (QED) is 0.699. The maximum atomic E-state index is 8.82. The van der Waals surface area contributed by atoms with E-state index in [1.54, 1.807) is 0 Å². The number of nitriles is 1. The van der Waals surface area contributed by atoms with Crippen LogP contribution in [0, 0.1) is 18.3 Å². The molecule has 0 heterocycles. The van der Waals surface area contributed by atoms with Crippen molar-refractivity contribution in [2.75, 3.05) is 13.6 Å². The summed E-state index contributed by atoms with van der Waals surface area (Å²) in [5.74, 6) is 0. The van der Waals surface area contributed by atoms with Crippen LogP contribution in [0.4, 0.5) is 0 Å². The highest BCUT2D eigenvalue weighted by Crippen LogP contribution is 2.13. The second-order valence-corrected chi connectivity index (χ2v) is 4.70. The second kappa shape index (κ2) is 7.09. The summed E-state index contributed by atoms with van der Waals surface area (Å²) >= 11 is 0. The fourth-order valence-electron chi connectivity index (χ4n) is 1.94. The summed E-state index contributed by atoms with van der Waals surface area (Å²) in [6.45, 7) is 6.43. The number of hydrogen-bond donors (Lipinski definition) is 0. The SMILES string of the molecule is CCCCCN(C)Cc1ccc(C#N)cc1C. The zero-order chi connectivity index (χ0) is 12.7. The van der Waals surface area contributed by atoms with E-state index in [1.165, 1.54) is 30.4 Å². The molecule has 0 N–H and O–H groups in total. The Labute approximate surface area is 105 Å². The molecule has 0 unspecified atom stereocenters. The molecule has 1 rings (SSSR count). The average Bonchev–Trinajstić information content (AvgIpc) is 2.32. The molecule has 0 spiro atoms. The summed E-state index contributed by atoms with van der Waals surface area (Å²) in [5, 5.41) is 8.82. The molecule has 92 valence electrons. The van der Waals surface area contributed by atoms with Gasteiger partial charge in [-0.05, 0) is 50.2 Å². The normalized spacial score (nSPS) is 10.5. The zero-order valence-electron chi connectivity index (χ0n) is 11.2. The molecular weight excluding hydrogens is 208 g/mol. The smallest absolute Gasteiger partial charge is 0.0991 e. The van der Waals surface area contributed by atoms with Crippen molar-refractivity contribution in [1.29, 1.82) is 5.26 Å². The van der Waals surface area contributed by atoms with Gasteiger partial charge in [0.05, 0.1) is 11.6 Å². The van der Waals surface area contributed by atoms with Crippen LogP contribution in [0.3, 0.4) is 0 Å². The molecule has 2 heteroatoms. The Hall–Kier alpha value is -1.33. The first-order valence-corrected chi connectivity index (χ1v) is 6.35. The van der Waals surface area contributed by atoms with Crippen molar-refractivity contribution in [3.8, 4) is 6.07 Å². The number of unbranched alkanes of at least 4 members (excludes halogenated alkanes) is 2. The minimum atomic E-state index is 0.750. The topological polar surface area (TPSA) is 27.0 Å². The van der Waals surface area contributed by atoms with E-state index in [-0.39, 0.29) is 0 Å². The Morgan fingerprint density at radius 3 is 2.65 bits per heavy atom. The van der Waals surface area contributed by atoms with Gasteiger partial charge in [-0.1, -0.05) is 25.8 Å². The largest absolute Gasteiger partial charge is 0.302 e. The number of benzene rings is 1. The molecular formula is C15H22N2. The summed E-state index contributed by atoms with van der Waals surface area (Å²) in [5.41, 5.74) is 3.29. The van der Waals surface area contributed by atoms with Crippen LogP contribution in [0.1, 0.15) is 42.9 Å². The van der Waals surface area contributed by atoms with Crippen LogP contribution in [0.15, 0.2) is 18.2 Å². The van der Waals surface area contributed by atoms with Gasteiger partial charge in [0.1, 0.15) is 0 Å². The van der Waals surface area contributed by atoms with Crippen molar-refractivity contribution < 1.29 is 0 Å². The van der Waals surface area contributed by atoms with Crippen molar-refractivity contribution in [1.82, 2.24) is 4.90 Å². The number of hydrogen-bond acceptors (Lipinski definition) is 2. The van der Waals surface area contributed by atoms with E-state index in [4.69, 9.17) is 5.26 Å². The van der Waals surface area contributed by atoms with Gasteiger partial charge in [-0.25, -0.2) is 0 Å². The average molecular weight is 230 g/mol. The van der Waals surface area contributed by atoms with Gasteiger partial charge < -0.3 is 4.90 Å². The molecule has 0 saturated carbocycles. The van der Waals surface area contributed by atoms with Crippen molar-refractivity contribution in [2.24, 2.45) is 0 Å². The molecule has 0 aliphatic carbocycles. The third-order valence-electron chi connectivity index (χ3n) is 3.06. The van der Waals surface area contributed by atoms with Gasteiger partial charge in [-0.3, -0.25) is 0 Å². The van der Waals surface area contributed by atoms with E-state index >= 15 is 0 Å². The predicted molar refractivity (Wildman–Crippen MR) is 71.8 cm³/mol. The number of nitrogens with zero attached hydrogens (tertiary/aromatic N) is 2. The molecule has 1 aromatic rings. The summed E-state index contributed by atoms with van der Waals surface area (Å²) in [6.07, 6.45) is 3.84. The van der Waals surface area contributed by atoms with Gasteiger partial charge >= 0.3 is 0 Å². The Bertz CT molecular complexity index is 390. The molecule has 0 radical (unpaired) electrons. The van der Waals surface area contributed by atoms with Crippen LogP contribution in [-0.2, 0) is 6.54 Å². The lowest BCUT2D eigenvalue weighted by Crippen LogP contribution is -2.19. The molecule has 1 aromatic carbocycles. The van der Waals surface area contributed by atoms with Gasteiger partial charge in [0.25, 0.3) is 0 Å². The fraction of sp³-hybridized carbons (Fsp3) is 0.533. The maximum Gasteiger partial charge on any atom is 0.0991 e. The van der Waals surface area contributed by atoms with Crippen LogP contribution < -0.4 is 0 Å². The van der Waals surface area contributed by atoms with Crippen molar-refractivity contribution in [3.63, 3.8) is 0 Å². The molecule has 0 aromatic heterocycles. The third kappa shape index (κ3) is 4.58. The molecule has 0 bridgehead atoms. The Morgan fingerprint density at radius 1 is 1.29 bits per heavy atom. The van der Waals surface area contributed by atoms with Crippen molar-refractivity contribution >= 4 is 0 Å². The molecule has 0 amide bonds. The first kappa shape index (κ1) is 13.7. The van der Waals surface area contributed by atoms with Gasteiger partial charge in [0.15, 0.2) is 0 Å². The number of aryl methyl sites for hydroxylation is 1. The Morgan fingerprint density at radius 2 is 2.06 bits per heavy atom. The molecule has 0 fully saturated rings. The Balaban J connectivity index is 2.54. The van der Waals surface area contributed by atoms with Crippen LogP contribution in [0.2, 0.25) is 0 Å². The monoisotopic (exact) mass is 230 g/mol. The van der Waals surface area contributed by atoms with E-state index in [0.717, 1.165) is 18.7 Å². The maximum absolute atomic E-state index is 8.82. The highest BCUT2D eigenvalue weighted by atomic mass is 15.1. The molecule has 2 nitrogen and oxygen atoms in total. The van der Waals surface area contributed by atoms with E-state index in [2.05, 4.69) is 37.9 Å². The van der Waals surface area contributed by atoms with Gasteiger partial charge in [-0.15, -0.1) is 0 Å². The summed E-state index contributed by atoms with van der Waals surface area (Å²) in [7, 11) is 2.16. The molecule has 0 atom stereocenters. The summed E-state index contributed by atoms with van der Waals surface area (Å²) < 4.78 is 0. The highest BCUT2D eigenvalue weighted by molar-refractivity contribution is 5.37. The minimum absolute atomic E-state index is 0.750. The lowest BCUT2D eigenvalue weighted by molar-refractivity contribution is 0.317. The summed E-state index contributed by atoms with van der Waals surface area (Å²) in [4.78, 5) is 2.35. The van der Waals surface area contributed by atoms with E-state index in [1.807, 2.05) is 12.1 Å². The van der Waals surface area contributed by atoms with Crippen LogP contribution >= 0.6 is 0 Å². The minimum Gasteiger partial charge on any atom is -0.302 e. The highest BCUT2D eigenvalue weighted by Gasteiger charge is 2.03.